The summed E-state index contributed by atoms with van der Waals surface area (Å²) in [5.41, 5.74) is 0.879. The first-order valence-corrected chi connectivity index (χ1v) is 7.83. The van der Waals surface area contributed by atoms with E-state index >= 15 is 0 Å². The van der Waals surface area contributed by atoms with Crippen LogP contribution in [0.25, 0.3) is 0 Å². The number of thiophene rings is 1. The van der Waals surface area contributed by atoms with E-state index in [1.54, 1.807) is 17.4 Å². The Morgan fingerprint density at radius 3 is 2.71 bits per heavy atom. The van der Waals surface area contributed by atoms with E-state index in [0.29, 0.717) is 19.4 Å². The molecule has 0 saturated heterocycles. The second kappa shape index (κ2) is 7.69. The molecule has 112 valence electrons. The van der Waals surface area contributed by atoms with Crippen molar-refractivity contribution in [2.75, 3.05) is 6.54 Å². The number of hydrogen-bond acceptors (Lipinski definition) is 4. The molecule has 1 aromatic heterocycles. The molecule has 3 N–H and O–H groups in total. The van der Waals surface area contributed by atoms with Crippen molar-refractivity contribution in [3.8, 4) is 11.5 Å². The van der Waals surface area contributed by atoms with Gasteiger partial charge in [0.15, 0.2) is 11.5 Å². The van der Waals surface area contributed by atoms with Crippen molar-refractivity contribution < 1.29 is 15.0 Å². The Morgan fingerprint density at radius 1 is 1.14 bits per heavy atom. The predicted octanol–water partition coefficient (Wildman–Crippen LogP) is 2.84. The molecule has 0 spiro atoms. The zero-order chi connectivity index (χ0) is 15.1. The van der Waals surface area contributed by atoms with Gasteiger partial charge in [-0.3, -0.25) is 4.79 Å². The number of rotatable bonds is 7. The highest BCUT2D eigenvalue weighted by molar-refractivity contribution is 7.09. The molecule has 1 aromatic carbocycles. The van der Waals surface area contributed by atoms with Crippen molar-refractivity contribution in [3.63, 3.8) is 0 Å². The summed E-state index contributed by atoms with van der Waals surface area (Å²) in [5.74, 6) is -0.208. The third-order valence-corrected chi connectivity index (χ3v) is 4.12. The standard InChI is InChI=1S/C16H19NO3S/c18-14-7-6-12(11-15(14)19)8-9-17-16(20)5-1-3-13-4-2-10-21-13/h2,4,6-7,10-11,18-19H,1,3,5,8-9H2,(H,17,20). The molecule has 0 saturated carbocycles. The van der Waals surface area contributed by atoms with E-state index < -0.39 is 0 Å². The minimum atomic E-state index is -0.130. The highest BCUT2D eigenvalue weighted by Crippen LogP contribution is 2.24. The van der Waals surface area contributed by atoms with E-state index in [-0.39, 0.29) is 17.4 Å². The molecular weight excluding hydrogens is 286 g/mol. The Morgan fingerprint density at radius 2 is 2.00 bits per heavy atom. The van der Waals surface area contributed by atoms with E-state index in [9.17, 15) is 15.0 Å². The molecule has 0 bridgehead atoms. The van der Waals surface area contributed by atoms with Gasteiger partial charge in [-0.1, -0.05) is 12.1 Å². The predicted molar refractivity (Wildman–Crippen MR) is 83.7 cm³/mol. The van der Waals surface area contributed by atoms with Gasteiger partial charge in [-0.15, -0.1) is 11.3 Å². The molecule has 4 nitrogen and oxygen atoms in total. The zero-order valence-corrected chi connectivity index (χ0v) is 12.5. The molecule has 2 aromatic rings. The van der Waals surface area contributed by atoms with Gasteiger partial charge in [-0.25, -0.2) is 0 Å². The Balaban J connectivity index is 1.63. The lowest BCUT2D eigenvalue weighted by Crippen LogP contribution is -2.25. The first-order chi connectivity index (χ1) is 10.1. The minimum Gasteiger partial charge on any atom is -0.504 e. The summed E-state index contributed by atoms with van der Waals surface area (Å²) in [5, 5.41) is 23.5. The van der Waals surface area contributed by atoms with Crippen LogP contribution >= 0.6 is 11.3 Å². The van der Waals surface area contributed by atoms with Crippen LogP contribution in [-0.2, 0) is 17.6 Å². The molecule has 5 heteroatoms. The van der Waals surface area contributed by atoms with Crippen molar-refractivity contribution in [2.24, 2.45) is 0 Å². The van der Waals surface area contributed by atoms with Crippen LogP contribution in [0.1, 0.15) is 23.3 Å². The minimum absolute atomic E-state index is 0.0505. The van der Waals surface area contributed by atoms with E-state index in [1.165, 1.54) is 17.0 Å². The Bertz CT molecular complexity index is 581. The maximum absolute atomic E-state index is 11.7. The molecule has 0 aliphatic carbocycles. The van der Waals surface area contributed by atoms with Gasteiger partial charge in [0.2, 0.25) is 5.91 Å². The molecule has 1 heterocycles. The highest BCUT2D eigenvalue weighted by atomic mass is 32.1. The van der Waals surface area contributed by atoms with Gasteiger partial charge in [0.05, 0.1) is 0 Å². The Kier molecular flexibility index (Phi) is 5.63. The van der Waals surface area contributed by atoms with Crippen molar-refractivity contribution in [1.82, 2.24) is 5.32 Å². The van der Waals surface area contributed by atoms with Crippen molar-refractivity contribution in [2.45, 2.75) is 25.7 Å². The summed E-state index contributed by atoms with van der Waals surface area (Å²) < 4.78 is 0. The molecule has 0 radical (unpaired) electrons. The average Bonchev–Trinajstić information content (AvgIpc) is 2.96. The molecular formula is C16H19NO3S. The van der Waals surface area contributed by atoms with Crippen molar-refractivity contribution in [1.29, 1.82) is 0 Å². The smallest absolute Gasteiger partial charge is 0.220 e. The van der Waals surface area contributed by atoms with Crippen LogP contribution in [0.5, 0.6) is 11.5 Å². The number of amides is 1. The van der Waals surface area contributed by atoms with Gasteiger partial charge in [0.25, 0.3) is 0 Å². The maximum Gasteiger partial charge on any atom is 0.220 e. The van der Waals surface area contributed by atoms with Gasteiger partial charge >= 0.3 is 0 Å². The fourth-order valence-electron chi connectivity index (χ4n) is 2.04. The number of phenolic OH excluding ortho intramolecular Hbond substituents is 2. The maximum atomic E-state index is 11.7. The lowest BCUT2D eigenvalue weighted by molar-refractivity contribution is -0.121. The number of carbonyl (C=O) groups excluding carboxylic acids is 1. The van der Waals surface area contributed by atoms with Crippen LogP contribution in [0, 0.1) is 0 Å². The first-order valence-electron chi connectivity index (χ1n) is 6.95. The van der Waals surface area contributed by atoms with Gasteiger partial charge < -0.3 is 15.5 Å². The SMILES string of the molecule is O=C(CCCc1cccs1)NCCc1ccc(O)c(O)c1. The lowest BCUT2D eigenvalue weighted by Gasteiger charge is -2.06. The summed E-state index contributed by atoms with van der Waals surface area (Å²) in [4.78, 5) is 13.0. The molecule has 2 rings (SSSR count). The van der Waals surface area contributed by atoms with E-state index in [0.717, 1.165) is 18.4 Å². The van der Waals surface area contributed by atoms with Crippen LogP contribution in [0.15, 0.2) is 35.7 Å². The fourth-order valence-corrected chi connectivity index (χ4v) is 2.79. The van der Waals surface area contributed by atoms with Gasteiger partial charge in [0.1, 0.15) is 0 Å². The first kappa shape index (κ1) is 15.4. The molecule has 0 atom stereocenters. The number of benzene rings is 1. The number of phenols is 2. The summed E-state index contributed by atoms with van der Waals surface area (Å²) in [6.07, 6.45) is 2.95. The third-order valence-electron chi connectivity index (χ3n) is 3.18. The lowest BCUT2D eigenvalue weighted by atomic mass is 10.1. The molecule has 0 fully saturated rings. The summed E-state index contributed by atoms with van der Waals surface area (Å²) in [6, 6.07) is 8.80. The summed E-state index contributed by atoms with van der Waals surface area (Å²) in [7, 11) is 0. The number of aryl methyl sites for hydroxylation is 1. The van der Waals surface area contributed by atoms with Gasteiger partial charge in [-0.05, 0) is 48.4 Å². The van der Waals surface area contributed by atoms with Crippen LogP contribution in [0.2, 0.25) is 0 Å². The van der Waals surface area contributed by atoms with Crippen LogP contribution in [-0.4, -0.2) is 22.7 Å². The Hall–Kier alpha value is -2.01. The Labute approximate surface area is 128 Å². The molecule has 21 heavy (non-hydrogen) atoms. The molecule has 0 aliphatic rings. The van der Waals surface area contributed by atoms with E-state index in [2.05, 4.69) is 11.4 Å². The quantitative estimate of drug-likeness (QED) is 0.689. The van der Waals surface area contributed by atoms with Crippen LogP contribution in [0.4, 0.5) is 0 Å². The second-order valence-corrected chi connectivity index (χ2v) is 5.89. The topological polar surface area (TPSA) is 69.6 Å². The largest absolute Gasteiger partial charge is 0.504 e. The van der Waals surface area contributed by atoms with E-state index in [4.69, 9.17) is 0 Å². The molecule has 0 aliphatic heterocycles. The number of hydrogen-bond donors (Lipinski definition) is 3. The highest BCUT2D eigenvalue weighted by Gasteiger charge is 2.04. The second-order valence-electron chi connectivity index (χ2n) is 4.86. The zero-order valence-electron chi connectivity index (χ0n) is 11.7. The molecule has 1 amide bonds. The van der Waals surface area contributed by atoms with Crippen molar-refractivity contribution in [3.05, 3.63) is 46.2 Å². The summed E-state index contributed by atoms with van der Waals surface area (Å²) >= 11 is 1.72. The molecule has 0 unspecified atom stereocenters. The van der Waals surface area contributed by atoms with Gasteiger partial charge in [0, 0.05) is 17.8 Å². The van der Waals surface area contributed by atoms with Crippen LogP contribution in [0.3, 0.4) is 0 Å². The fraction of sp³-hybridized carbons (Fsp3) is 0.312. The third kappa shape index (κ3) is 5.11. The summed E-state index contributed by atoms with van der Waals surface area (Å²) in [6.45, 7) is 0.530. The van der Waals surface area contributed by atoms with E-state index in [1.807, 2.05) is 11.4 Å². The van der Waals surface area contributed by atoms with Crippen molar-refractivity contribution >= 4 is 17.2 Å². The number of carbonyl (C=O) groups is 1. The monoisotopic (exact) mass is 305 g/mol. The normalized spacial score (nSPS) is 10.5. The van der Waals surface area contributed by atoms with Gasteiger partial charge in [-0.2, -0.15) is 0 Å². The number of nitrogens with one attached hydrogen (secondary N) is 1. The number of aromatic hydroxyl groups is 2. The van der Waals surface area contributed by atoms with Crippen LogP contribution < -0.4 is 5.32 Å². The average molecular weight is 305 g/mol.